The van der Waals surface area contributed by atoms with E-state index in [0.717, 1.165) is 0 Å². The number of carbonyl (C=O) groups excluding carboxylic acids is 3. The largest absolute Gasteiger partial charge is 0.454 e. The number of hydrogen-bond acceptors (Lipinski definition) is 7. The lowest BCUT2D eigenvalue weighted by atomic mass is 9.95. The van der Waals surface area contributed by atoms with Crippen molar-refractivity contribution in [2.45, 2.75) is 25.6 Å². The number of ether oxygens (including phenoxy) is 4. The summed E-state index contributed by atoms with van der Waals surface area (Å²) in [6.45, 7) is 3.07. The molecule has 1 saturated heterocycles. The van der Waals surface area contributed by atoms with E-state index in [4.69, 9.17) is 18.9 Å². The summed E-state index contributed by atoms with van der Waals surface area (Å²) in [7, 11) is 0. The third kappa shape index (κ3) is 2.46. The zero-order valence-corrected chi connectivity index (χ0v) is 15.8. The van der Waals surface area contributed by atoms with Crippen LogP contribution in [-0.2, 0) is 19.1 Å². The van der Waals surface area contributed by atoms with E-state index in [1.807, 2.05) is 0 Å². The van der Waals surface area contributed by atoms with Gasteiger partial charge in [0.2, 0.25) is 6.79 Å². The molecule has 2 fully saturated rings. The van der Waals surface area contributed by atoms with Crippen LogP contribution >= 0.6 is 0 Å². The average Bonchev–Trinajstić information content (AvgIpc) is 3.17. The molecule has 0 radical (unpaired) electrons. The van der Waals surface area contributed by atoms with Crippen molar-refractivity contribution in [1.82, 2.24) is 0 Å². The summed E-state index contributed by atoms with van der Waals surface area (Å²) < 4.78 is 21.5. The van der Waals surface area contributed by atoms with Gasteiger partial charge in [-0.1, -0.05) is 36.4 Å². The van der Waals surface area contributed by atoms with Crippen LogP contribution in [0.2, 0.25) is 0 Å². The fourth-order valence-electron chi connectivity index (χ4n) is 4.32. The predicted octanol–water partition coefficient (Wildman–Crippen LogP) is 2.83. The zero-order valence-electron chi connectivity index (χ0n) is 15.8. The van der Waals surface area contributed by atoms with E-state index in [2.05, 4.69) is 0 Å². The second-order valence-corrected chi connectivity index (χ2v) is 7.85. The number of benzene rings is 2. The first kappa shape index (κ1) is 17.7. The van der Waals surface area contributed by atoms with Crippen molar-refractivity contribution in [1.29, 1.82) is 0 Å². The third-order valence-electron chi connectivity index (χ3n) is 5.65. The molecule has 3 aliphatic rings. The maximum absolute atomic E-state index is 13.3. The van der Waals surface area contributed by atoms with Gasteiger partial charge in [-0.05, 0) is 17.7 Å². The Morgan fingerprint density at radius 2 is 1.59 bits per heavy atom. The second-order valence-electron chi connectivity index (χ2n) is 7.85. The summed E-state index contributed by atoms with van der Waals surface area (Å²) in [6, 6.07) is 13.7. The van der Waals surface area contributed by atoms with Crippen LogP contribution in [0.4, 0.5) is 0 Å². The summed E-state index contributed by atoms with van der Waals surface area (Å²) in [5.74, 6) is -3.70. The Bertz CT molecular complexity index is 1020. The molecule has 1 aliphatic carbocycles. The quantitative estimate of drug-likeness (QED) is 0.449. The molecule has 148 valence electrons. The Morgan fingerprint density at radius 3 is 2.28 bits per heavy atom. The number of esters is 2. The SMILES string of the molecule is CC1(C)OC(=O)C2(C(=O)O1)C(C(=O)c1ccccc1)C2c1ccc2c(c1)OCO2. The van der Waals surface area contributed by atoms with Gasteiger partial charge >= 0.3 is 11.9 Å². The van der Waals surface area contributed by atoms with Crippen molar-refractivity contribution in [2.24, 2.45) is 11.3 Å². The predicted molar refractivity (Wildman–Crippen MR) is 98.3 cm³/mol. The van der Waals surface area contributed by atoms with Gasteiger partial charge in [0, 0.05) is 25.3 Å². The number of ketones is 1. The lowest BCUT2D eigenvalue weighted by Crippen LogP contribution is -2.49. The minimum absolute atomic E-state index is 0.0965. The number of fused-ring (bicyclic) bond motifs is 1. The van der Waals surface area contributed by atoms with Crippen molar-refractivity contribution < 1.29 is 33.3 Å². The van der Waals surface area contributed by atoms with Crippen LogP contribution in [0, 0.1) is 11.3 Å². The molecule has 2 heterocycles. The van der Waals surface area contributed by atoms with Gasteiger partial charge in [-0.3, -0.25) is 14.4 Å². The molecule has 29 heavy (non-hydrogen) atoms. The number of cyclic esters (lactones) is 2. The van der Waals surface area contributed by atoms with Gasteiger partial charge in [0.05, 0.1) is 5.92 Å². The molecule has 5 rings (SSSR count). The highest BCUT2D eigenvalue weighted by Crippen LogP contribution is 2.69. The minimum atomic E-state index is -1.70. The van der Waals surface area contributed by atoms with E-state index in [9.17, 15) is 14.4 Å². The number of hydrogen-bond donors (Lipinski definition) is 0. The molecule has 2 aromatic rings. The Kier molecular flexibility index (Phi) is 3.56. The lowest BCUT2D eigenvalue weighted by molar-refractivity contribution is -0.243. The lowest BCUT2D eigenvalue weighted by Gasteiger charge is -2.34. The van der Waals surface area contributed by atoms with Crippen molar-refractivity contribution in [3.8, 4) is 11.5 Å². The first-order valence-corrected chi connectivity index (χ1v) is 9.30. The van der Waals surface area contributed by atoms with E-state index < -0.39 is 35.0 Å². The maximum Gasteiger partial charge on any atom is 0.328 e. The number of Topliss-reactive ketones (excluding diaryl/α,β-unsaturated/α-hetero) is 1. The van der Waals surface area contributed by atoms with E-state index in [1.54, 1.807) is 48.5 Å². The second kappa shape index (κ2) is 5.83. The molecule has 2 aromatic carbocycles. The first-order chi connectivity index (χ1) is 13.8. The van der Waals surface area contributed by atoms with Crippen LogP contribution < -0.4 is 9.47 Å². The molecule has 2 unspecified atom stereocenters. The van der Waals surface area contributed by atoms with Gasteiger partial charge in [-0.2, -0.15) is 0 Å². The smallest absolute Gasteiger partial charge is 0.328 e. The summed E-state index contributed by atoms with van der Waals surface area (Å²) in [5.41, 5.74) is -0.654. The topological polar surface area (TPSA) is 88.1 Å². The van der Waals surface area contributed by atoms with Crippen molar-refractivity contribution in [2.75, 3.05) is 6.79 Å². The summed E-state index contributed by atoms with van der Waals surface area (Å²) in [4.78, 5) is 39.4. The van der Waals surface area contributed by atoms with Gasteiger partial charge < -0.3 is 18.9 Å². The Labute approximate surface area is 166 Å². The van der Waals surface area contributed by atoms with Crippen LogP contribution in [0.5, 0.6) is 11.5 Å². The highest BCUT2D eigenvalue weighted by molar-refractivity contribution is 6.17. The van der Waals surface area contributed by atoms with Crippen molar-refractivity contribution in [3.63, 3.8) is 0 Å². The van der Waals surface area contributed by atoms with Crippen LogP contribution in [0.1, 0.15) is 35.7 Å². The van der Waals surface area contributed by atoms with E-state index in [0.29, 0.717) is 22.6 Å². The number of rotatable bonds is 3. The van der Waals surface area contributed by atoms with E-state index in [1.165, 1.54) is 13.8 Å². The number of carbonyl (C=O) groups is 3. The van der Waals surface area contributed by atoms with Crippen LogP contribution in [0.25, 0.3) is 0 Å². The third-order valence-corrected chi connectivity index (χ3v) is 5.65. The normalized spacial score (nSPS) is 25.3. The van der Waals surface area contributed by atoms with Crippen molar-refractivity contribution >= 4 is 17.7 Å². The summed E-state index contributed by atoms with van der Waals surface area (Å²) in [5, 5.41) is 0. The van der Waals surface area contributed by atoms with Gasteiger partial charge in [0.15, 0.2) is 22.7 Å². The Hall–Kier alpha value is -3.35. The molecule has 0 N–H and O–H groups in total. The van der Waals surface area contributed by atoms with Crippen LogP contribution in [0.15, 0.2) is 48.5 Å². The highest BCUT2D eigenvalue weighted by atomic mass is 16.7. The molecule has 0 amide bonds. The molecule has 0 aromatic heterocycles. The van der Waals surface area contributed by atoms with Crippen LogP contribution in [-0.4, -0.2) is 30.3 Å². The summed E-state index contributed by atoms with van der Waals surface area (Å²) in [6.07, 6.45) is 0. The van der Waals surface area contributed by atoms with Gasteiger partial charge in [-0.15, -0.1) is 0 Å². The van der Waals surface area contributed by atoms with Gasteiger partial charge in [0.25, 0.3) is 5.79 Å². The molecule has 7 nitrogen and oxygen atoms in total. The monoisotopic (exact) mass is 394 g/mol. The van der Waals surface area contributed by atoms with Gasteiger partial charge in [0.1, 0.15) is 0 Å². The molecule has 2 aliphatic heterocycles. The molecule has 1 saturated carbocycles. The fourth-order valence-corrected chi connectivity index (χ4v) is 4.32. The van der Waals surface area contributed by atoms with Crippen molar-refractivity contribution in [3.05, 3.63) is 59.7 Å². The highest BCUT2D eigenvalue weighted by Gasteiger charge is 2.81. The summed E-state index contributed by atoms with van der Waals surface area (Å²) >= 11 is 0. The average molecular weight is 394 g/mol. The maximum atomic E-state index is 13.3. The van der Waals surface area contributed by atoms with E-state index >= 15 is 0 Å². The van der Waals surface area contributed by atoms with Crippen LogP contribution in [0.3, 0.4) is 0 Å². The zero-order chi connectivity index (χ0) is 20.4. The molecule has 7 heteroatoms. The van der Waals surface area contributed by atoms with Gasteiger partial charge in [-0.25, -0.2) is 0 Å². The molecular weight excluding hydrogens is 376 g/mol. The molecular formula is C22H18O7. The fraction of sp³-hybridized carbons (Fsp3) is 0.318. The molecule has 0 bridgehead atoms. The Morgan fingerprint density at radius 1 is 0.931 bits per heavy atom. The first-order valence-electron chi connectivity index (χ1n) is 9.30. The molecule has 2 atom stereocenters. The minimum Gasteiger partial charge on any atom is -0.454 e. The Balaban J connectivity index is 1.60. The van der Waals surface area contributed by atoms with E-state index in [-0.39, 0.29) is 12.6 Å². The molecule has 1 spiro atoms. The standard InChI is InChI=1S/C22H18O7/c1-21(2)28-19(24)22(20(25)29-21)16(13-8-9-14-15(10-13)27-11-26-14)17(22)18(23)12-6-4-3-5-7-12/h3-10,16-17H,11H2,1-2H3.